The molecule has 0 fully saturated rings. The Balaban J connectivity index is 2.18. The van der Waals surface area contributed by atoms with Gasteiger partial charge in [0.1, 0.15) is 11.4 Å². The molecule has 0 saturated carbocycles. The molecular weight excluding hydrogens is 481 g/mol. The molecule has 0 bridgehead atoms. The minimum absolute atomic E-state index is 0.00719. The van der Waals surface area contributed by atoms with Crippen LogP contribution in [0.5, 0.6) is 0 Å². The van der Waals surface area contributed by atoms with E-state index in [1.165, 1.54) is 30.3 Å². The average molecular weight is 506 g/mol. The normalized spacial score (nSPS) is 13.3. The van der Waals surface area contributed by atoms with Crippen molar-refractivity contribution in [1.29, 1.82) is 0 Å². The number of nitrogens with zero attached hydrogens (tertiary/aromatic N) is 2. The van der Waals surface area contributed by atoms with Gasteiger partial charge in [0.2, 0.25) is 0 Å². The summed E-state index contributed by atoms with van der Waals surface area (Å²) in [7, 11) is -3.44. The summed E-state index contributed by atoms with van der Waals surface area (Å²) < 4.78 is 39.4. The number of rotatable bonds is 10. The molecule has 10 nitrogen and oxygen atoms in total. The first-order chi connectivity index (χ1) is 16.3. The molecule has 0 spiro atoms. The van der Waals surface area contributed by atoms with Gasteiger partial charge in [0.05, 0.1) is 17.2 Å². The van der Waals surface area contributed by atoms with Crippen LogP contribution in [-0.2, 0) is 25.0 Å². The lowest BCUT2D eigenvalue weighted by molar-refractivity contribution is -0.757. The van der Waals surface area contributed by atoms with E-state index in [1.807, 2.05) is 0 Å². The summed E-state index contributed by atoms with van der Waals surface area (Å²) in [5.41, 5.74) is 6.45. The summed E-state index contributed by atoms with van der Waals surface area (Å²) in [6.07, 6.45) is 0.904. The van der Waals surface area contributed by atoms with Crippen LogP contribution in [0.4, 0.5) is 4.39 Å². The summed E-state index contributed by atoms with van der Waals surface area (Å²) in [5.74, 6) is -1.86. The van der Waals surface area contributed by atoms with Crippen molar-refractivity contribution >= 4 is 15.8 Å². The molecule has 186 valence electrons. The molecule has 0 amide bonds. The smallest absolute Gasteiger partial charge is 0.328 e. The number of aliphatic carboxylic acids is 1. The van der Waals surface area contributed by atoms with Crippen molar-refractivity contribution in [3.8, 4) is 16.9 Å². The molecule has 1 aromatic heterocycles. The van der Waals surface area contributed by atoms with Gasteiger partial charge in [-0.2, -0.15) is 0 Å². The van der Waals surface area contributed by atoms with Crippen molar-refractivity contribution in [3.63, 3.8) is 0 Å². The van der Waals surface area contributed by atoms with Gasteiger partial charge < -0.3 is 20.2 Å². The van der Waals surface area contributed by atoms with Crippen LogP contribution in [0.1, 0.15) is 24.1 Å². The largest absolute Gasteiger partial charge is 0.480 e. The third-order valence-corrected chi connectivity index (χ3v) is 6.79. The summed E-state index contributed by atoms with van der Waals surface area (Å²) in [4.78, 5) is 27.1. The van der Waals surface area contributed by atoms with Crippen LogP contribution in [0.25, 0.3) is 16.9 Å². The van der Waals surface area contributed by atoms with E-state index < -0.39 is 32.2 Å². The number of halogens is 1. The molecule has 0 aliphatic rings. The minimum Gasteiger partial charge on any atom is -0.480 e. The van der Waals surface area contributed by atoms with Gasteiger partial charge in [-0.05, 0) is 61.7 Å². The Kier molecular flexibility index (Phi) is 7.27. The average Bonchev–Trinajstić information content (AvgIpc) is 3.13. The molecule has 12 heteroatoms. The lowest BCUT2D eigenvalue weighted by atomic mass is 9.86. The second kappa shape index (κ2) is 9.84. The Morgan fingerprint density at radius 3 is 2.43 bits per heavy atom. The highest BCUT2D eigenvalue weighted by Crippen LogP contribution is 2.36. The highest BCUT2D eigenvalue weighted by atomic mass is 32.2. The maximum absolute atomic E-state index is 14.1. The molecule has 3 N–H and O–H groups in total. The molecule has 3 aromatic rings. The van der Waals surface area contributed by atoms with E-state index in [0.29, 0.717) is 22.6 Å². The third kappa shape index (κ3) is 5.49. The van der Waals surface area contributed by atoms with E-state index in [4.69, 9.17) is 5.73 Å². The monoisotopic (exact) mass is 505 g/mol. The molecule has 2 aromatic carbocycles. The Bertz CT molecular complexity index is 1370. The third-order valence-electron chi connectivity index (χ3n) is 5.67. The first-order valence-corrected chi connectivity index (χ1v) is 12.3. The van der Waals surface area contributed by atoms with Gasteiger partial charge in [-0.15, -0.1) is 10.1 Å². The van der Waals surface area contributed by atoms with Crippen LogP contribution >= 0.6 is 0 Å². The topological polar surface area (TPSA) is 155 Å². The Hall–Kier alpha value is -3.77. The van der Waals surface area contributed by atoms with E-state index in [9.17, 15) is 32.8 Å². The quantitative estimate of drug-likeness (QED) is 0.242. The number of hydrogen-bond acceptors (Lipinski definition) is 7. The van der Waals surface area contributed by atoms with E-state index in [-0.39, 0.29) is 29.9 Å². The number of hydrogen-bond donors (Lipinski definition) is 2. The second-order valence-electron chi connectivity index (χ2n) is 8.08. The lowest BCUT2D eigenvalue weighted by Gasteiger charge is -2.25. The molecule has 0 aliphatic carbocycles. The number of benzene rings is 2. The zero-order chi connectivity index (χ0) is 26.0. The van der Waals surface area contributed by atoms with Gasteiger partial charge >= 0.3 is 5.97 Å². The lowest BCUT2D eigenvalue weighted by Crippen LogP contribution is -2.45. The van der Waals surface area contributed by atoms with E-state index in [1.54, 1.807) is 35.8 Å². The van der Waals surface area contributed by atoms with Crippen LogP contribution in [-0.4, -0.2) is 42.0 Å². The van der Waals surface area contributed by atoms with Crippen molar-refractivity contribution in [3.05, 3.63) is 81.8 Å². The summed E-state index contributed by atoms with van der Waals surface area (Å²) in [6.45, 7) is 1.30. The molecule has 35 heavy (non-hydrogen) atoms. The summed E-state index contributed by atoms with van der Waals surface area (Å²) >= 11 is 0. The number of carboxylic acids is 1. The number of sulfone groups is 1. The van der Waals surface area contributed by atoms with Crippen molar-refractivity contribution < 1.29 is 32.6 Å². The first-order valence-electron chi connectivity index (χ1n) is 10.4. The Labute approximate surface area is 200 Å². The molecule has 1 atom stereocenters. The van der Waals surface area contributed by atoms with Crippen molar-refractivity contribution in [2.24, 2.45) is 5.73 Å². The van der Waals surface area contributed by atoms with Gasteiger partial charge in [-0.3, -0.25) is 0 Å². The summed E-state index contributed by atoms with van der Waals surface area (Å²) in [6, 6.07) is 13.2. The van der Waals surface area contributed by atoms with E-state index in [0.717, 1.165) is 6.26 Å². The standard InChI is InChI=1S/C23H24FN3O7S/c1-15-20(23(25,22(28)29)11-4-12-34-27(30)31)14-21(26(15)18-6-3-5-17(24)13-18)16-7-9-19(10-8-16)35(2,32)33/h3,5-10,13-14H,4,11-12,25H2,1-2H3,(H,28,29)/t23-/m1/s1. The van der Waals surface area contributed by atoms with Gasteiger partial charge in [-0.25, -0.2) is 17.6 Å². The van der Waals surface area contributed by atoms with Crippen LogP contribution in [0.2, 0.25) is 0 Å². The fourth-order valence-electron chi connectivity index (χ4n) is 3.94. The molecular formula is C23H24FN3O7S. The van der Waals surface area contributed by atoms with Gasteiger partial charge in [0.15, 0.2) is 9.84 Å². The zero-order valence-electron chi connectivity index (χ0n) is 19.0. The maximum atomic E-state index is 14.1. The van der Waals surface area contributed by atoms with Crippen molar-refractivity contribution in [2.75, 3.05) is 12.9 Å². The molecule has 0 aliphatic heterocycles. The van der Waals surface area contributed by atoms with Crippen molar-refractivity contribution in [2.45, 2.75) is 30.2 Å². The van der Waals surface area contributed by atoms with Crippen LogP contribution in [0, 0.1) is 22.9 Å². The Morgan fingerprint density at radius 1 is 1.23 bits per heavy atom. The van der Waals surface area contributed by atoms with E-state index >= 15 is 0 Å². The van der Waals surface area contributed by atoms with Crippen molar-refractivity contribution in [1.82, 2.24) is 4.57 Å². The number of carbonyl (C=O) groups is 1. The highest BCUT2D eigenvalue weighted by Gasteiger charge is 2.39. The van der Waals surface area contributed by atoms with Gasteiger partial charge in [-0.1, -0.05) is 18.2 Å². The number of carboxylic acid groups (broad SMARTS) is 1. The summed E-state index contributed by atoms with van der Waals surface area (Å²) in [5, 5.41) is 19.4. The molecule has 0 radical (unpaired) electrons. The van der Waals surface area contributed by atoms with E-state index in [2.05, 4.69) is 4.84 Å². The number of aromatic nitrogens is 1. The second-order valence-corrected chi connectivity index (χ2v) is 10.1. The first kappa shape index (κ1) is 25.8. The molecule has 0 unspecified atom stereocenters. The van der Waals surface area contributed by atoms with Gasteiger partial charge in [0, 0.05) is 23.2 Å². The molecule has 1 heterocycles. The SMILES string of the molecule is Cc1c([C@](N)(CCCO[N+](=O)[O-])C(=O)O)cc(-c2ccc(S(C)(=O)=O)cc2)n1-c1cccc(F)c1. The zero-order valence-corrected chi connectivity index (χ0v) is 19.8. The molecule has 3 rings (SSSR count). The fourth-order valence-corrected chi connectivity index (χ4v) is 4.57. The maximum Gasteiger partial charge on any atom is 0.328 e. The predicted octanol–water partition coefficient (Wildman–Crippen LogP) is 3.22. The predicted molar refractivity (Wildman–Crippen MR) is 125 cm³/mol. The van der Waals surface area contributed by atoms with Crippen LogP contribution < -0.4 is 5.73 Å². The molecule has 0 saturated heterocycles. The van der Waals surface area contributed by atoms with Crippen LogP contribution in [0.15, 0.2) is 59.5 Å². The fraction of sp³-hybridized carbons (Fsp3) is 0.261. The van der Waals surface area contributed by atoms with Gasteiger partial charge in [0.25, 0.3) is 5.09 Å². The Morgan fingerprint density at radius 2 is 1.89 bits per heavy atom. The van der Waals surface area contributed by atoms with Crippen LogP contribution in [0.3, 0.4) is 0 Å². The number of nitrogens with two attached hydrogens (primary N) is 1. The highest BCUT2D eigenvalue weighted by molar-refractivity contribution is 7.90. The minimum atomic E-state index is -3.44.